The SMILES string of the molecule is NCC(NC1CC=CC1)c1ccccc1OC(F)F. The van der Waals surface area contributed by atoms with Crippen LogP contribution in [0, 0.1) is 0 Å². The molecule has 0 fully saturated rings. The summed E-state index contributed by atoms with van der Waals surface area (Å²) in [4.78, 5) is 0. The van der Waals surface area contributed by atoms with Gasteiger partial charge in [-0.3, -0.25) is 0 Å². The van der Waals surface area contributed by atoms with Crippen molar-refractivity contribution in [1.29, 1.82) is 0 Å². The lowest BCUT2D eigenvalue weighted by molar-refractivity contribution is -0.0507. The van der Waals surface area contributed by atoms with Gasteiger partial charge in [0.05, 0.1) is 0 Å². The molecule has 3 nitrogen and oxygen atoms in total. The van der Waals surface area contributed by atoms with Crippen LogP contribution < -0.4 is 15.8 Å². The molecule has 3 N–H and O–H groups in total. The molecule has 0 radical (unpaired) electrons. The second kappa shape index (κ2) is 6.63. The standard InChI is InChI=1S/C14H18F2N2O/c15-14(16)19-13-8-4-3-7-11(13)12(9-17)18-10-5-1-2-6-10/h1-4,7-8,10,12,14,18H,5-6,9,17H2. The molecule has 0 aromatic heterocycles. The van der Waals surface area contributed by atoms with E-state index in [1.54, 1.807) is 24.3 Å². The molecule has 1 aromatic rings. The van der Waals surface area contributed by atoms with E-state index in [1.807, 2.05) is 0 Å². The molecule has 1 aliphatic carbocycles. The van der Waals surface area contributed by atoms with Crippen molar-refractivity contribution in [2.45, 2.75) is 31.5 Å². The number of nitrogens with two attached hydrogens (primary N) is 1. The van der Waals surface area contributed by atoms with Gasteiger partial charge in [0.25, 0.3) is 0 Å². The molecular formula is C14H18F2N2O. The van der Waals surface area contributed by atoms with E-state index in [9.17, 15) is 8.78 Å². The molecule has 0 spiro atoms. The zero-order chi connectivity index (χ0) is 13.7. The van der Waals surface area contributed by atoms with Crippen molar-refractivity contribution in [3.63, 3.8) is 0 Å². The molecule has 1 aromatic carbocycles. The van der Waals surface area contributed by atoms with Crippen LogP contribution >= 0.6 is 0 Å². The fourth-order valence-electron chi connectivity index (χ4n) is 2.29. The van der Waals surface area contributed by atoms with E-state index in [0.29, 0.717) is 18.2 Å². The molecule has 104 valence electrons. The molecule has 19 heavy (non-hydrogen) atoms. The summed E-state index contributed by atoms with van der Waals surface area (Å²) in [6.45, 7) is -2.49. The predicted molar refractivity (Wildman–Crippen MR) is 70.2 cm³/mol. The van der Waals surface area contributed by atoms with Crippen LogP contribution in [-0.4, -0.2) is 19.2 Å². The highest BCUT2D eigenvalue weighted by atomic mass is 19.3. The van der Waals surface area contributed by atoms with E-state index in [4.69, 9.17) is 5.73 Å². The quantitative estimate of drug-likeness (QED) is 0.780. The van der Waals surface area contributed by atoms with Crippen LogP contribution in [0.3, 0.4) is 0 Å². The summed E-state index contributed by atoms with van der Waals surface area (Å²) in [5.41, 5.74) is 6.43. The Bertz CT molecular complexity index is 429. The first kappa shape index (κ1) is 14.0. The Morgan fingerprint density at radius 1 is 1.26 bits per heavy atom. The first-order chi connectivity index (χ1) is 9.20. The number of nitrogens with one attached hydrogen (secondary N) is 1. The lowest BCUT2D eigenvalue weighted by Gasteiger charge is -2.24. The first-order valence-electron chi connectivity index (χ1n) is 6.35. The van der Waals surface area contributed by atoms with E-state index in [0.717, 1.165) is 12.8 Å². The Morgan fingerprint density at radius 2 is 1.95 bits per heavy atom. The maximum Gasteiger partial charge on any atom is 0.387 e. The minimum Gasteiger partial charge on any atom is -0.434 e. The Labute approximate surface area is 111 Å². The van der Waals surface area contributed by atoms with Crippen molar-refractivity contribution in [2.24, 2.45) is 5.73 Å². The Kier molecular flexibility index (Phi) is 4.87. The zero-order valence-electron chi connectivity index (χ0n) is 10.6. The van der Waals surface area contributed by atoms with E-state index in [-0.39, 0.29) is 11.8 Å². The fraction of sp³-hybridized carbons (Fsp3) is 0.429. The van der Waals surface area contributed by atoms with Crippen molar-refractivity contribution in [2.75, 3.05) is 6.54 Å². The smallest absolute Gasteiger partial charge is 0.387 e. The highest BCUT2D eigenvalue weighted by Gasteiger charge is 2.20. The molecule has 0 aliphatic heterocycles. The van der Waals surface area contributed by atoms with Gasteiger partial charge in [-0.2, -0.15) is 8.78 Å². The molecule has 1 unspecified atom stereocenters. The summed E-state index contributed by atoms with van der Waals surface area (Å²) in [5, 5.41) is 3.38. The molecule has 0 saturated carbocycles. The first-order valence-corrected chi connectivity index (χ1v) is 6.35. The van der Waals surface area contributed by atoms with Gasteiger partial charge < -0.3 is 15.8 Å². The Balaban J connectivity index is 2.12. The van der Waals surface area contributed by atoms with Gasteiger partial charge in [-0.05, 0) is 18.9 Å². The molecule has 1 aliphatic rings. The largest absolute Gasteiger partial charge is 0.434 e. The van der Waals surface area contributed by atoms with Gasteiger partial charge in [0.1, 0.15) is 5.75 Å². The van der Waals surface area contributed by atoms with Crippen LogP contribution in [0.25, 0.3) is 0 Å². The number of hydrogen-bond donors (Lipinski definition) is 2. The second-order valence-electron chi connectivity index (χ2n) is 4.51. The maximum absolute atomic E-state index is 12.4. The molecule has 0 saturated heterocycles. The Morgan fingerprint density at radius 3 is 2.58 bits per heavy atom. The number of hydrogen-bond acceptors (Lipinski definition) is 3. The van der Waals surface area contributed by atoms with Gasteiger partial charge in [-0.1, -0.05) is 30.4 Å². The van der Waals surface area contributed by atoms with Crippen LogP contribution in [0.2, 0.25) is 0 Å². The van der Waals surface area contributed by atoms with Gasteiger partial charge in [0.15, 0.2) is 0 Å². The molecule has 0 amide bonds. The highest BCUT2D eigenvalue weighted by molar-refractivity contribution is 5.36. The summed E-state index contributed by atoms with van der Waals surface area (Å²) in [5.74, 6) is 0.186. The van der Waals surface area contributed by atoms with Crippen molar-refractivity contribution in [3.05, 3.63) is 42.0 Å². The van der Waals surface area contributed by atoms with Crippen LogP contribution in [0.1, 0.15) is 24.4 Å². The average molecular weight is 268 g/mol. The lowest BCUT2D eigenvalue weighted by atomic mass is 10.0. The third-order valence-electron chi connectivity index (χ3n) is 3.19. The Hall–Kier alpha value is -1.46. The van der Waals surface area contributed by atoms with Gasteiger partial charge in [-0.15, -0.1) is 0 Å². The van der Waals surface area contributed by atoms with Gasteiger partial charge >= 0.3 is 6.61 Å². The summed E-state index contributed by atoms with van der Waals surface area (Å²) in [7, 11) is 0. The highest BCUT2D eigenvalue weighted by Crippen LogP contribution is 2.27. The average Bonchev–Trinajstić information content (AvgIpc) is 2.89. The lowest BCUT2D eigenvalue weighted by Crippen LogP contribution is -2.35. The van der Waals surface area contributed by atoms with Gasteiger partial charge in [0.2, 0.25) is 0 Å². The number of benzene rings is 1. The van der Waals surface area contributed by atoms with Crippen molar-refractivity contribution in [1.82, 2.24) is 5.32 Å². The molecule has 0 heterocycles. The van der Waals surface area contributed by atoms with Gasteiger partial charge in [-0.25, -0.2) is 0 Å². The molecule has 0 bridgehead atoms. The molecule has 5 heteroatoms. The second-order valence-corrected chi connectivity index (χ2v) is 4.51. The van der Waals surface area contributed by atoms with Crippen LogP contribution in [-0.2, 0) is 0 Å². The molecular weight excluding hydrogens is 250 g/mol. The fourth-order valence-corrected chi connectivity index (χ4v) is 2.29. The topological polar surface area (TPSA) is 47.3 Å². The van der Waals surface area contributed by atoms with Crippen molar-refractivity contribution >= 4 is 0 Å². The number of alkyl halides is 2. The van der Waals surface area contributed by atoms with E-state index >= 15 is 0 Å². The maximum atomic E-state index is 12.4. The summed E-state index contributed by atoms with van der Waals surface area (Å²) in [6.07, 6.45) is 6.09. The summed E-state index contributed by atoms with van der Waals surface area (Å²) in [6, 6.07) is 6.91. The predicted octanol–water partition coefficient (Wildman–Crippen LogP) is 2.60. The van der Waals surface area contributed by atoms with Crippen LogP contribution in [0.4, 0.5) is 8.78 Å². The summed E-state index contributed by atoms with van der Waals surface area (Å²) < 4.78 is 29.3. The number of ether oxygens (including phenoxy) is 1. The third-order valence-corrected chi connectivity index (χ3v) is 3.19. The minimum absolute atomic E-state index is 0.181. The molecule has 1 atom stereocenters. The molecule has 2 rings (SSSR count). The van der Waals surface area contributed by atoms with E-state index in [2.05, 4.69) is 22.2 Å². The number of para-hydroxylation sites is 1. The van der Waals surface area contributed by atoms with Gasteiger partial charge in [0, 0.05) is 24.2 Å². The third kappa shape index (κ3) is 3.75. The van der Waals surface area contributed by atoms with Crippen molar-refractivity contribution in [3.8, 4) is 5.75 Å². The number of halogens is 2. The van der Waals surface area contributed by atoms with E-state index in [1.165, 1.54) is 0 Å². The van der Waals surface area contributed by atoms with E-state index < -0.39 is 6.61 Å². The normalized spacial score (nSPS) is 17.1. The monoisotopic (exact) mass is 268 g/mol. The summed E-state index contributed by atoms with van der Waals surface area (Å²) >= 11 is 0. The zero-order valence-corrected chi connectivity index (χ0v) is 10.6. The van der Waals surface area contributed by atoms with Crippen molar-refractivity contribution < 1.29 is 13.5 Å². The number of rotatable bonds is 6. The van der Waals surface area contributed by atoms with Crippen LogP contribution in [0.15, 0.2) is 36.4 Å². The van der Waals surface area contributed by atoms with Crippen LogP contribution in [0.5, 0.6) is 5.75 Å². The minimum atomic E-state index is -2.83.